The van der Waals surface area contributed by atoms with Crippen LogP contribution in [0.15, 0.2) is 47.4 Å². The maximum atomic E-state index is 12.7. The van der Waals surface area contributed by atoms with E-state index in [0.29, 0.717) is 29.9 Å². The van der Waals surface area contributed by atoms with Gasteiger partial charge >= 0.3 is 0 Å². The van der Waals surface area contributed by atoms with Gasteiger partial charge in [-0.25, -0.2) is 8.42 Å². The second-order valence-corrected chi connectivity index (χ2v) is 8.15. The molecule has 1 amide bonds. The number of carbonyl (C=O) groups is 1. The zero-order valence-electron chi connectivity index (χ0n) is 15.4. The molecule has 0 bridgehead atoms. The van der Waals surface area contributed by atoms with Gasteiger partial charge in [-0.1, -0.05) is 18.2 Å². The van der Waals surface area contributed by atoms with Crippen molar-refractivity contribution in [2.75, 3.05) is 30.9 Å². The normalized spacial score (nSPS) is 14.4. The SMILES string of the molecule is Cc1ccc(C)c(S(=O)(=O)Nc2cccc(C(=O)N3CCNCC3)c2)c1.Cl. The number of hydrogen-bond acceptors (Lipinski definition) is 4. The van der Waals surface area contributed by atoms with Crippen molar-refractivity contribution >= 4 is 34.0 Å². The van der Waals surface area contributed by atoms with E-state index in [0.717, 1.165) is 18.7 Å². The minimum Gasteiger partial charge on any atom is -0.336 e. The first kappa shape index (κ1) is 21.2. The average Bonchev–Trinajstić information content (AvgIpc) is 2.63. The Hall–Kier alpha value is -2.09. The van der Waals surface area contributed by atoms with Crippen molar-refractivity contribution in [3.8, 4) is 0 Å². The molecule has 1 aliphatic heterocycles. The van der Waals surface area contributed by atoms with Gasteiger partial charge in [-0.15, -0.1) is 12.4 Å². The average molecular weight is 410 g/mol. The summed E-state index contributed by atoms with van der Waals surface area (Å²) in [4.78, 5) is 14.6. The molecule has 1 saturated heterocycles. The van der Waals surface area contributed by atoms with Crippen molar-refractivity contribution in [3.05, 3.63) is 59.2 Å². The number of rotatable bonds is 4. The van der Waals surface area contributed by atoms with E-state index < -0.39 is 10.0 Å². The Morgan fingerprint density at radius 1 is 1.07 bits per heavy atom. The van der Waals surface area contributed by atoms with Crippen molar-refractivity contribution in [2.45, 2.75) is 18.7 Å². The molecule has 1 aliphatic rings. The first-order chi connectivity index (χ1) is 12.4. The van der Waals surface area contributed by atoms with Crippen LogP contribution in [0.5, 0.6) is 0 Å². The minimum absolute atomic E-state index is 0. The molecular weight excluding hydrogens is 386 g/mol. The highest BCUT2D eigenvalue weighted by Crippen LogP contribution is 2.21. The summed E-state index contributed by atoms with van der Waals surface area (Å²) >= 11 is 0. The molecule has 1 heterocycles. The zero-order valence-corrected chi connectivity index (χ0v) is 17.0. The summed E-state index contributed by atoms with van der Waals surface area (Å²) < 4.78 is 28.1. The third-order valence-corrected chi connectivity index (χ3v) is 5.92. The van der Waals surface area contributed by atoms with Gasteiger partial charge in [0.25, 0.3) is 15.9 Å². The Kier molecular flexibility index (Phi) is 6.86. The molecule has 6 nitrogen and oxygen atoms in total. The second-order valence-electron chi connectivity index (χ2n) is 6.50. The fourth-order valence-electron chi connectivity index (χ4n) is 2.97. The lowest BCUT2D eigenvalue weighted by molar-refractivity contribution is 0.0736. The lowest BCUT2D eigenvalue weighted by Crippen LogP contribution is -2.46. The highest BCUT2D eigenvalue weighted by molar-refractivity contribution is 7.92. The number of benzene rings is 2. The lowest BCUT2D eigenvalue weighted by atomic mass is 10.1. The van der Waals surface area contributed by atoms with Gasteiger partial charge in [0.05, 0.1) is 4.90 Å². The summed E-state index contributed by atoms with van der Waals surface area (Å²) in [6.45, 7) is 6.45. The number of hydrogen-bond donors (Lipinski definition) is 2. The summed E-state index contributed by atoms with van der Waals surface area (Å²) in [5.74, 6) is -0.0840. The fourth-order valence-corrected chi connectivity index (χ4v) is 4.35. The van der Waals surface area contributed by atoms with Crippen LogP contribution in [-0.4, -0.2) is 45.4 Å². The molecule has 27 heavy (non-hydrogen) atoms. The highest BCUT2D eigenvalue weighted by Gasteiger charge is 2.20. The van der Waals surface area contributed by atoms with Crippen LogP contribution < -0.4 is 10.0 Å². The van der Waals surface area contributed by atoms with E-state index in [1.54, 1.807) is 48.2 Å². The summed E-state index contributed by atoms with van der Waals surface area (Å²) in [7, 11) is -3.72. The number of nitrogens with one attached hydrogen (secondary N) is 2. The molecule has 2 aromatic rings. The largest absolute Gasteiger partial charge is 0.336 e. The molecule has 0 radical (unpaired) electrons. The van der Waals surface area contributed by atoms with Gasteiger partial charge in [0, 0.05) is 37.4 Å². The molecule has 2 aromatic carbocycles. The predicted octanol–water partition coefficient (Wildman–Crippen LogP) is 2.57. The van der Waals surface area contributed by atoms with Gasteiger partial charge in [0.2, 0.25) is 0 Å². The van der Waals surface area contributed by atoms with Gasteiger partial charge in [-0.2, -0.15) is 0 Å². The van der Waals surface area contributed by atoms with Crippen molar-refractivity contribution in [1.82, 2.24) is 10.2 Å². The van der Waals surface area contributed by atoms with Gasteiger partial charge in [0.1, 0.15) is 0 Å². The number of halogens is 1. The van der Waals surface area contributed by atoms with Crippen LogP contribution in [-0.2, 0) is 10.0 Å². The molecule has 0 spiro atoms. The van der Waals surface area contributed by atoms with Crippen molar-refractivity contribution in [1.29, 1.82) is 0 Å². The fraction of sp³-hybridized carbons (Fsp3) is 0.316. The third kappa shape index (κ3) is 5.00. The molecule has 0 saturated carbocycles. The van der Waals surface area contributed by atoms with Crippen LogP contribution in [0.3, 0.4) is 0 Å². The standard InChI is InChI=1S/C19H23N3O3S.ClH/c1-14-6-7-15(2)18(12-14)26(24,25)21-17-5-3-4-16(13-17)19(23)22-10-8-20-9-11-22;/h3-7,12-13,20-21H,8-11H2,1-2H3;1H. The number of nitrogens with zero attached hydrogens (tertiary/aromatic N) is 1. The van der Waals surface area contributed by atoms with Crippen molar-refractivity contribution in [2.24, 2.45) is 0 Å². The maximum Gasteiger partial charge on any atom is 0.262 e. The Morgan fingerprint density at radius 3 is 2.48 bits per heavy atom. The predicted molar refractivity (Wildman–Crippen MR) is 109 cm³/mol. The summed E-state index contributed by atoms with van der Waals surface area (Å²) in [5.41, 5.74) is 2.41. The molecular formula is C19H24ClN3O3S. The smallest absolute Gasteiger partial charge is 0.262 e. The number of aryl methyl sites for hydroxylation is 2. The van der Waals surface area contributed by atoms with Gasteiger partial charge in [-0.3, -0.25) is 9.52 Å². The topological polar surface area (TPSA) is 78.5 Å². The molecule has 1 fully saturated rings. The summed E-state index contributed by atoms with van der Waals surface area (Å²) in [6.07, 6.45) is 0. The number of piperazine rings is 1. The third-order valence-electron chi connectivity index (χ3n) is 4.40. The van der Waals surface area contributed by atoms with Crippen LogP contribution in [0, 0.1) is 13.8 Å². The number of anilines is 1. The molecule has 0 aliphatic carbocycles. The van der Waals surface area contributed by atoms with E-state index in [-0.39, 0.29) is 23.2 Å². The Balaban J connectivity index is 0.00000261. The van der Waals surface area contributed by atoms with Crippen molar-refractivity contribution in [3.63, 3.8) is 0 Å². The second kappa shape index (κ2) is 8.73. The van der Waals surface area contributed by atoms with Crippen LogP contribution in [0.4, 0.5) is 5.69 Å². The Morgan fingerprint density at radius 2 is 1.78 bits per heavy atom. The molecule has 3 rings (SSSR count). The Bertz CT molecular complexity index is 926. The molecule has 0 unspecified atom stereocenters. The van der Waals surface area contributed by atoms with Crippen molar-refractivity contribution < 1.29 is 13.2 Å². The van der Waals surface area contributed by atoms with E-state index >= 15 is 0 Å². The van der Waals surface area contributed by atoms with Crippen LogP contribution >= 0.6 is 12.4 Å². The first-order valence-corrected chi connectivity index (χ1v) is 10.1. The zero-order chi connectivity index (χ0) is 18.7. The van der Waals surface area contributed by atoms with E-state index in [1.165, 1.54) is 0 Å². The summed E-state index contributed by atoms with van der Waals surface area (Å²) in [5, 5.41) is 3.21. The first-order valence-electron chi connectivity index (χ1n) is 8.57. The molecule has 0 atom stereocenters. The number of amides is 1. The van der Waals surface area contributed by atoms with E-state index in [1.807, 2.05) is 13.0 Å². The quantitative estimate of drug-likeness (QED) is 0.813. The van der Waals surface area contributed by atoms with Crippen LogP contribution in [0.1, 0.15) is 21.5 Å². The summed E-state index contributed by atoms with van der Waals surface area (Å²) in [6, 6.07) is 11.9. The van der Waals surface area contributed by atoms with E-state index in [2.05, 4.69) is 10.0 Å². The highest BCUT2D eigenvalue weighted by atomic mass is 35.5. The van der Waals surface area contributed by atoms with E-state index in [9.17, 15) is 13.2 Å². The molecule has 0 aromatic heterocycles. The molecule has 2 N–H and O–H groups in total. The monoisotopic (exact) mass is 409 g/mol. The minimum atomic E-state index is -3.72. The van der Waals surface area contributed by atoms with Crippen LogP contribution in [0.25, 0.3) is 0 Å². The van der Waals surface area contributed by atoms with Gasteiger partial charge in [0.15, 0.2) is 0 Å². The van der Waals surface area contributed by atoms with Gasteiger partial charge < -0.3 is 10.2 Å². The lowest BCUT2D eigenvalue weighted by Gasteiger charge is -2.27. The van der Waals surface area contributed by atoms with Gasteiger partial charge in [-0.05, 0) is 49.2 Å². The van der Waals surface area contributed by atoms with Crippen LogP contribution in [0.2, 0.25) is 0 Å². The van der Waals surface area contributed by atoms with E-state index in [4.69, 9.17) is 0 Å². The number of carbonyl (C=O) groups excluding carboxylic acids is 1. The Labute approximate surface area is 166 Å². The number of sulfonamides is 1. The maximum absolute atomic E-state index is 12.7. The molecule has 8 heteroatoms. The molecule has 146 valence electrons.